The Bertz CT molecular complexity index is 336. The zero-order chi connectivity index (χ0) is 10.0. The molecule has 0 spiro atoms. The molecule has 1 aliphatic heterocycles. The lowest BCUT2D eigenvalue weighted by atomic mass is 9.86. The fourth-order valence-corrected chi connectivity index (χ4v) is 1.69. The average molecular weight is 188 g/mol. The molecule has 0 saturated carbocycles. The van der Waals surface area contributed by atoms with E-state index >= 15 is 0 Å². The highest BCUT2D eigenvalue weighted by Crippen LogP contribution is 2.33. The van der Waals surface area contributed by atoms with Crippen molar-refractivity contribution in [1.29, 1.82) is 0 Å². The molecule has 1 aromatic rings. The van der Waals surface area contributed by atoms with Gasteiger partial charge in [-0.1, -0.05) is 50.3 Å². The summed E-state index contributed by atoms with van der Waals surface area (Å²) >= 11 is 0. The third kappa shape index (κ3) is 1.88. The van der Waals surface area contributed by atoms with Gasteiger partial charge in [0, 0.05) is 5.41 Å². The molecule has 0 unspecified atom stereocenters. The van der Waals surface area contributed by atoms with Crippen LogP contribution in [0.2, 0.25) is 0 Å². The molecule has 1 nitrogen and oxygen atoms in total. The van der Waals surface area contributed by atoms with Crippen LogP contribution in [0.5, 0.6) is 0 Å². The molecule has 1 heteroatoms. The first-order valence-electron chi connectivity index (χ1n) is 5.02. The van der Waals surface area contributed by atoms with Crippen molar-refractivity contribution >= 4 is 6.08 Å². The summed E-state index contributed by atoms with van der Waals surface area (Å²) in [6.07, 6.45) is 2.24. The van der Waals surface area contributed by atoms with Gasteiger partial charge in [0.25, 0.3) is 0 Å². The van der Waals surface area contributed by atoms with Gasteiger partial charge >= 0.3 is 0 Å². The van der Waals surface area contributed by atoms with Crippen molar-refractivity contribution in [3.05, 3.63) is 41.5 Å². The Balaban J connectivity index is 2.27. The highest BCUT2D eigenvalue weighted by Gasteiger charge is 2.29. The van der Waals surface area contributed by atoms with Crippen molar-refractivity contribution in [3.8, 4) is 0 Å². The third-order valence-electron chi connectivity index (χ3n) is 2.73. The van der Waals surface area contributed by atoms with Crippen molar-refractivity contribution in [1.82, 2.24) is 0 Å². The van der Waals surface area contributed by atoms with E-state index in [-0.39, 0.29) is 5.41 Å². The van der Waals surface area contributed by atoms with Gasteiger partial charge in [0.1, 0.15) is 0 Å². The topological polar surface area (TPSA) is 9.23 Å². The molecule has 14 heavy (non-hydrogen) atoms. The van der Waals surface area contributed by atoms with Gasteiger partial charge in [-0.25, -0.2) is 0 Å². The van der Waals surface area contributed by atoms with Gasteiger partial charge in [0.15, 0.2) is 0 Å². The Morgan fingerprint density at radius 3 is 2.50 bits per heavy atom. The minimum Gasteiger partial charge on any atom is -0.376 e. The molecule has 2 rings (SSSR count). The first-order valence-corrected chi connectivity index (χ1v) is 5.02. The van der Waals surface area contributed by atoms with Crippen molar-refractivity contribution in [2.45, 2.75) is 13.8 Å². The molecule has 1 heterocycles. The molecule has 74 valence electrons. The molecule has 1 saturated heterocycles. The van der Waals surface area contributed by atoms with E-state index in [1.165, 1.54) is 11.1 Å². The summed E-state index contributed by atoms with van der Waals surface area (Å²) in [5.41, 5.74) is 2.86. The van der Waals surface area contributed by atoms with E-state index in [2.05, 4.69) is 44.2 Å². The molecule has 0 bridgehead atoms. The quantitative estimate of drug-likeness (QED) is 0.658. The van der Waals surface area contributed by atoms with Crippen LogP contribution in [0.25, 0.3) is 6.08 Å². The van der Waals surface area contributed by atoms with Gasteiger partial charge in [0.2, 0.25) is 0 Å². The molecule has 1 aliphatic rings. The lowest BCUT2D eigenvalue weighted by molar-refractivity contribution is 0.167. The average Bonchev–Trinajstić information content (AvgIpc) is 2.48. The van der Waals surface area contributed by atoms with E-state index in [1.807, 2.05) is 6.07 Å². The summed E-state index contributed by atoms with van der Waals surface area (Å²) in [6.45, 7) is 6.08. The highest BCUT2D eigenvalue weighted by molar-refractivity contribution is 5.54. The predicted octanol–water partition coefficient (Wildman–Crippen LogP) is 3.13. The SMILES string of the molecule is CC1(C)COC/C1=C\c1ccccc1. The van der Waals surface area contributed by atoms with E-state index in [4.69, 9.17) is 4.74 Å². The van der Waals surface area contributed by atoms with Crippen molar-refractivity contribution in [2.75, 3.05) is 13.2 Å². The molecule has 0 atom stereocenters. The molecule has 1 aromatic carbocycles. The second kappa shape index (κ2) is 3.58. The van der Waals surface area contributed by atoms with E-state index in [9.17, 15) is 0 Å². The van der Waals surface area contributed by atoms with Crippen LogP contribution in [-0.2, 0) is 4.74 Å². The van der Waals surface area contributed by atoms with Crippen LogP contribution in [0.15, 0.2) is 35.9 Å². The van der Waals surface area contributed by atoms with Crippen LogP contribution in [-0.4, -0.2) is 13.2 Å². The Morgan fingerprint density at radius 1 is 1.21 bits per heavy atom. The highest BCUT2D eigenvalue weighted by atomic mass is 16.5. The van der Waals surface area contributed by atoms with Gasteiger partial charge < -0.3 is 4.74 Å². The van der Waals surface area contributed by atoms with Crippen molar-refractivity contribution in [3.63, 3.8) is 0 Å². The van der Waals surface area contributed by atoms with Crippen LogP contribution in [0.3, 0.4) is 0 Å². The lowest BCUT2D eigenvalue weighted by Gasteiger charge is -2.16. The molecular weight excluding hydrogens is 172 g/mol. The van der Waals surface area contributed by atoms with Crippen LogP contribution in [0, 0.1) is 5.41 Å². The standard InChI is InChI=1S/C13H16O/c1-13(2)10-14-9-12(13)8-11-6-4-3-5-7-11/h3-8H,9-10H2,1-2H3/b12-8+. The van der Waals surface area contributed by atoms with E-state index in [1.54, 1.807) is 0 Å². The number of ether oxygens (including phenoxy) is 1. The minimum atomic E-state index is 0.204. The summed E-state index contributed by atoms with van der Waals surface area (Å²) < 4.78 is 5.48. The van der Waals surface area contributed by atoms with Gasteiger partial charge in [-0.3, -0.25) is 0 Å². The van der Waals surface area contributed by atoms with Crippen molar-refractivity contribution < 1.29 is 4.74 Å². The third-order valence-corrected chi connectivity index (χ3v) is 2.73. The fraction of sp³-hybridized carbons (Fsp3) is 0.385. The number of hydrogen-bond acceptors (Lipinski definition) is 1. The Hall–Kier alpha value is -1.08. The number of rotatable bonds is 1. The van der Waals surface area contributed by atoms with Crippen LogP contribution >= 0.6 is 0 Å². The molecule has 0 amide bonds. The van der Waals surface area contributed by atoms with Crippen LogP contribution in [0.1, 0.15) is 19.4 Å². The summed E-state index contributed by atoms with van der Waals surface area (Å²) in [6, 6.07) is 10.4. The number of hydrogen-bond donors (Lipinski definition) is 0. The Kier molecular flexibility index (Phi) is 2.42. The van der Waals surface area contributed by atoms with E-state index in [0.717, 1.165) is 13.2 Å². The minimum absolute atomic E-state index is 0.204. The monoisotopic (exact) mass is 188 g/mol. The van der Waals surface area contributed by atoms with Gasteiger partial charge in [0.05, 0.1) is 13.2 Å². The Labute approximate surface area is 85.4 Å². The molecule has 1 fully saturated rings. The summed E-state index contributed by atoms with van der Waals surface area (Å²) in [5.74, 6) is 0. The maximum Gasteiger partial charge on any atom is 0.0686 e. The molecule has 0 aromatic heterocycles. The maximum atomic E-state index is 5.48. The molecule has 0 aliphatic carbocycles. The van der Waals surface area contributed by atoms with Gasteiger partial charge in [-0.15, -0.1) is 0 Å². The van der Waals surface area contributed by atoms with Gasteiger partial charge in [-0.05, 0) is 11.1 Å². The Morgan fingerprint density at radius 2 is 1.93 bits per heavy atom. The zero-order valence-corrected chi connectivity index (χ0v) is 8.79. The van der Waals surface area contributed by atoms with Gasteiger partial charge in [-0.2, -0.15) is 0 Å². The molecule has 0 radical (unpaired) electrons. The normalized spacial score (nSPS) is 22.9. The van der Waals surface area contributed by atoms with Crippen LogP contribution in [0.4, 0.5) is 0 Å². The van der Waals surface area contributed by atoms with E-state index < -0.39 is 0 Å². The summed E-state index contributed by atoms with van der Waals surface area (Å²) in [7, 11) is 0. The zero-order valence-electron chi connectivity index (χ0n) is 8.79. The second-order valence-corrected chi connectivity index (χ2v) is 4.46. The fourth-order valence-electron chi connectivity index (χ4n) is 1.69. The first kappa shape index (κ1) is 9.47. The molecular formula is C13H16O. The first-order chi connectivity index (χ1) is 6.68. The predicted molar refractivity (Wildman–Crippen MR) is 59.0 cm³/mol. The maximum absolute atomic E-state index is 5.48. The largest absolute Gasteiger partial charge is 0.376 e. The van der Waals surface area contributed by atoms with Crippen molar-refractivity contribution in [2.24, 2.45) is 5.41 Å². The van der Waals surface area contributed by atoms with Crippen LogP contribution < -0.4 is 0 Å². The second-order valence-electron chi connectivity index (χ2n) is 4.46. The summed E-state index contributed by atoms with van der Waals surface area (Å²) in [5, 5.41) is 0. The smallest absolute Gasteiger partial charge is 0.0686 e. The number of benzene rings is 1. The summed E-state index contributed by atoms with van der Waals surface area (Å²) in [4.78, 5) is 0. The lowest BCUT2D eigenvalue weighted by Crippen LogP contribution is -2.12. The molecule has 0 N–H and O–H groups in total. The van der Waals surface area contributed by atoms with E-state index in [0.29, 0.717) is 0 Å².